The second-order valence-corrected chi connectivity index (χ2v) is 4.95. The standard InChI is InChI=1S/C12H16N2/c1-12(2,3)8-10-5-7-14-9-13-6-4-11(10)14/h4-7,9H,8H2,1-3H3. The Morgan fingerprint density at radius 2 is 2.07 bits per heavy atom. The fraction of sp³-hybridized carbons (Fsp3) is 0.417. The summed E-state index contributed by atoms with van der Waals surface area (Å²) in [7, 11) is 0. The smallest absolute Gasteiger partial charge is 0.0990 e. The molecular weight excluding hydrogens is 172 g/mol. The van der Waals surface area contributed by atoms with Crippen LogP contribution in [-0.4, -0.2) is 9.38 Å². The van der Waals surface area contributed by atoms with Gasteiger partial charge in [0.2, 0.25) is 0 Å². The Morgan fingerprint density at radius 3 is 2.79 bits per heavy atom. The Hall–Kier alpha value is -1.31. The lowest BCUT2D eigenvalue weighted by molar-refractivity contribution is 0.412. The van der Waals surface area contributed by atoms with Crippen molar-refractivity contribution in [1.82, 2.24) is 9.38 Å². The van der Waals surface area contributed by atoms with E-state index in [2.05, 4.69) is 48.5 Å². The maximum Gasteiger partial charge on any atom is 0.0990 e. The van der Waals surface area contributed by atoms with E-state index in [0.717, 1.165) is 6.42 Å². The summed E-state index contributed by atoms with van der Waals surface area (Å²) in [5.41, 5.74) is 3.01. The van der Waals surface area contributed by atoms with E-state index in [9.17, 15) is 0 Å². The molecular formula is C12H16N2. The molecule has 0 amide bonds. The van der Waals surface area contributed by atoms with Crippen LogP contribution in [0.3, 0.4) is 0 Å². The number of hydrogen-bond donors (Lipinski definition) is 0. The average molecular weight is 188 g/mol. The molecule has 0 atom stereocenters. The van der Waals surface area contributed by atoms with Crippen LogP contribution < -0.4 is 0 Å². The van der Waals surface area contributed by atoms with Crippen LogP contribution in [0.5, 0.6) is 0 Å². The first-order chi connectivity index (χ1) is 6.56. The molecule has 0 unspecified atom stereocenters. The van der Waals surface area contributed by atoms with Crippen LogP contribution in [0.4, 0.5) is 0 Å². The van der Waals surface area contributed by atoms with Crippen molar-refractivity contribution >= 4 is 5.52 Å². The van der Waals surface area contributed by atoms with Crippen LogP contribution >= 0.6 is 0 Å². The van der Waals surface area contributed by atoms with Gasteiger partial charge in [-0.25, -0.2) is 4.98 Å². The van der Waals surface area contributed by atoms with E-state index in [4.69, 9.17) is 0 Å². The molecule has 2 rings (SSSR count). The lowest BCUT2D eigenvalue weighted by Crippen LogP contribution is -2.08. The zero-order chi connectivity index (χ0) is 10.2. The van der Waals surface area contributed by atoms with Gasteiger partial charge in [-0.2, -0.15) is 0 Å². The van der Waals surface area contributed by atoms with Crippen molar-refractivity contribution in [3.63, 3.8) is 0 Å². The van der Waals surface area contributed by atoms with Crippen molar-refractivity contribution in [2.24, 2.45) is 5.41 Å². The third kappa shape index (κ3) is 1.79. The summed E-state index contributed by atoms with van der Waals surface area (Å²) < 4.78 is 2.07. The van der Waals surface area contributed by atoms with Gasteiger partial charge in [0.15, 0.2) is 0 Å². The fourth-order valence-corrected chi connectivity index (χ4v) is 1.74. The van der Waals surface area contributed by atoms with Gasteiger partial charge in [0.25, 0.3) is 0 Å². The van der Waals surface area contributed by atoms with Gasteiger partial charge >= 0.3 is 0 Å². The highest BCUT2D eigenvalue weighted by Crippen LogP contribution is 2.23. The molecule has 0 spiro atoms. The lowest BCUT2D eigenvalue weighted by atomic mass is 9.88. The molecule has 2 heterocycles. The molecule has 0 saturated carbocycles. The molecule has 0 aliphatic heterocycles. The second kappa shape index (κ2) is 3.12. The monoisotopic (exact) mass is 188 g/mol. The number of nitrogens with zero attached hydrogens (tertiary/aromatic N) is 2. The van der Waals surface area contributed by atoms with Gasteiger partial charge in [0, 0.05) is 12.4 Å². The highest BCUT2D eigenvalue weighted by Gasteiger charge is 2.13. The van der Waals surface area contributed by atoms with Crippen molar-refractivity contribution in [2.75, 3.05) is 0 Å². The Balaban J connectivity index is 2.44. The van der Waals surface area contributed by atoms with Crippen LogP contribution in [0, 0.1) is 5.41 Å². The van der Waals surface area contributed by atoms with Gasteiger partial charge in [-0.1, -0.05) is 20.8 Å². The van der Waals surface area contributed by atoms with Gasteiger partial charge < -0.3 is 4.40 Å². The molecule has 2 heteroatoms. The Labute approximate surface area is 84.6 Å². The minimum atomic E-state index is 0.338. The molecule has 0 aliphatic rings. The summed E-state index contributed by atoms with van der Waals surface area (Å²) in [6.07, 6.45) is 6.87. The third-order valence-corrected chi connectivity index (χ3v) is 2.27. The number of rotatable bonds is 1. The van der Waals surface area contributed by atoms with Crippen molar-refractivity contribution in [2.45, 2.75) is 27.2 Å². The van der Waals surface area contributed by atoms with Crippen LogP contribution in [-0.2, 0) is 6.42 Å². The Morgan fingerprint density at radius 1 is 1.29 bits per heavy atom. The first-order valence-electron chi connectivity index (χ1n) is 4.96. The number of aromatic nitrogens is 2. The van der Waals surface area contributed by atoms with Gasteiger partial charge in [-0.3, -0.25) is 0 Å². The second-order valence-electron chi connectivity index (χ2n) is 4.95. The third-order valence-electron chi connectivity index (χ3n) is 2.27. The topological polar surface area (TPSA) is 17.3 Å². The molecule has 0 bridgehead atoms. The lowest BCUT2D eigenvalue weighted by Gasteiger charge is -2.17. The van der Waals surface area contributed by atoms with E-state index in [1.165, 1.54) is 11.1 Å². The molecule has 0 aliphatic carbocycles. The molecule has 0 N–H and O–H groups in total. The fourth-order valence-electron chi connectivity index (χ4n) is 1.74. The van der Waals surface area contributed by atoms with Gasteiger partial charge in [0.1, 0.15) is 0 Å². The zero-order valence-corrected chi connectivity index (χ0v) is 8.99. The van der Waals surface area contributed by atoms with Crippen LogP contribution in [0.25, 0.3) is 5.52 Å². The van der Waals surface area contributed by atoms with E-state index >= 15 is 0 Å². The molecule has 0 fully saturated rings. The van der Waals surface area contributed by atoms with E-state index in [0.29, 0.717) is 5.41 Å². The van der Waals surface area contributed by atoms with Crippen molar-refractivity contribution in [3.8, 4) is 0 Å². The van der Waals surface area contributed by atoms with E-state index in [1.807, 2.05) is 12.5 Å². The normalized spacial score (nSPS) is 12.2. The van der Waals surface area contributed by atoms with E-state index in [-0.39, 0.29) is 0 Å². The summed E-state index contributed by atoms with van der Waals surface area (Å²) in [6.45, 7) is 6.78. The predicted octanol–water partition coefficient (Wildman–Crippen LogP) is 2.92. The SMILES string of the molecule is CC(C)(C)Cc1ccn2cnccc12. The molecule has 0 aromatic carbocycles. The molecule has 14 heavy (non-hydrogen) atoms. The zero-order valence-electron chi connectivity index (χ0n) is 8.99. The maximum atomic E-state index is 4.09. The van der Waals surface area contributed by atoms with Crippen molar-refractivity contribution in [3.05, 3.63) is 36.4 Å². The Kier molecular flexibility index (Phi) is 2.06. The summed E-state index contributed by atoms with van der Waals surface area (Å²) in [6, 6.07) is 4.25. The summed E-state index contributed by atoms with van der Waals surface area (Å²) in [4.78, 5) is 4.09. The maximum absolute atomic E-state index is 4.09. The predicted molar refractivity (Wildman–Crippen MR) is 58.4 cm³/mol. The van der Waals surface area contributed by atoms with Crippen LogP contribution in [0.2, 0.25) is 0 Å². The summed E-state index contributed by atoms with van der Waals surface area (Å²) in [5, 5.41) is 0. The highest BCUT2D eigenvalue weighted by atomic mass is 14.9. The Bertz CT molecular complexity index is 435. The summed E-state index contributed by atoms with van der Waals surface area (Å²) in [5.74, 6) is 0. The van der Waals surface area contributed by atoms with E-state index in [1.54, 1.807) is 0 Å². The summed E-state index contributed by atoms with van der Waals surface area (Å²) >= 11 is 0. The van der Waals surface area contributed by atoms with E-state index < -0.39 is 0 Å². The molecule has 0 saturated heterocycles. The quantitative estimate of drug-likeness (QED) is 0.672. The first-order valence-corrected chi connectivity index (χ1v) is 4.96. The minimum Gasteiger partial charge on any atom is -0.308 e. The van der Waals surface area contributed by atoms with Crippen LogP contribution in [0.15, 0.2) is 30.9 Å². The van der Waals surface area contributed by atoms with Crippen LogP contribution in [0.1, 0.15) is 26.3 Å². The average Bonchev–Trinajstić information content (AvgIpc) is 2.47. The first kappa shape index (κ1) is 9.25. The molecule has 2 nitrogen and oxygen atoms in total. The number of hydrogen-bond acceptors (Lipinski definition) is 1. The van der Waals surface area contributed by atoms with Crippen molar-refractivity contribution < 1.29 is 0 Å². The molecule has 2 aromatic rings. The van der Waals surface area contributed by atoms with Gasteiger partial charge in [-0.15, -0.1) is 0 Å². The minimum absolute atomic E-state index is 0.338. The number of fused-ring (bicyclic) bond motifs is 1. The van der Waals surface area contributed by atoms with Gasteiger partial charge in [0.05, 0.1) is 11.8 Å². The molecule has 2 aromatic heterocycles. The van der Waals surface area contributed by atoms with Gasteiger partial charge in [-0.05, 0) is 29.5 Å². The molecule has 74 valence electrons. The highest BCUT2D eigenvalue weighted by molar-refractivity contribution is 5.54. The largest absolute Gasteiger partial charge is 0.308 e. The molecule has 0 radical (unpaired) electrons. The van der Waals surface area contributed by atoms with Crippen molar-refractivity contribution in [1.29, 1.82) is 0 Å².